The number of thiophene rings is 2. The van der Waals surface area contributed by atoms with E-state index in [1.807, 2.05) is 62.4 Å². The van der Waals surface area contributed by atoms with Gasteiger partial charge in [0, 0.05) is 15.1 Å². The number of nitrogens with zero attached hydrogens (tertiary/aromatic N) is 6. The normalized spacial score (nSPS) is 11.6. The third-order valence-corrected chi connectivity index (χ3v) is 10.4. The molecular formula is C35H20N6PtS2. The minimum absolute atomic E-state index is 0. The van der Waals surface area contributed by atoms with Crippen LogP contribution in [0.15, 0.2) is 84.9 Å². The van der Waals surface area contributed by atoms with Crippen molar-refractivity contribution in [1.82, 2.24) is 19.6 Å². The van der Waals surface area contributed by atoms with Crippen LogP contribution >= 0.6 is 22.7 Å². The third kappa shape index (κ3) is 4.14. The van der Waals surface area contributed by atoms with Crippen molar-refractivity contribution in [2.24, 2.45) is 0 Å². The number of aromatic nitrogens is 4. The van der Waals surface area contributed by atoms with Crippen LogP contribution in [0.1, 0.15) is 30.9 Å². The van der Waals surface area contributed by atoms with Gasteiger partial charge < -0.3 is 4.85 Å². The SMILES string of the molecule is [C-]#[N+]c1cc(C(C)(C)c2cc(C#N)n(-c3[c-]ccc4c3sc3ccccc34)n2)nn1-c1[c-]ccc2c1sc1ccccc12.[Pt+2]. The fraction of sp³-hybridized carbons (Fsp3) is 0.0857. The molecule has 0 aliphatic heterocycles. The van der Waals surface area contributed by atoms with Crippen molar-refractivity contribution >= 4 is 68.8 Å². The van der Waals surface area contributed by atoms with Gasteiger partial charge in [-0.2, -0.15) is 56.7 Å². The van der Waals surface area contributed by atoms with Gasteiger partial charge in [0.25, 0.3) is 5.82 Å². The number of fused-ring (bicyclic) bond motifs is 6. The van der Waals surface area contributed by atoms with Gasteiger partial charge in [0.05, 0.1) is 16.8 Å². The zero-order chi connectivity index (χ0) is 29.3. The Balaban J connectivity index is 0.00000312. The molecule has 0 unspecified atom stereocenters. The first-order chi connectivity index (χ1) is 21.0. The molecular weight excluding hydrogens is 764 g/mol. The molecule has 0 atom stereocenters. The van der Waals surface area contributed by atoms with Crippen molar-refractivity contribution in [3.8, 4) is 17.4 Å². The molecule has 0 spiro atoms. The molecule has 8 aromatic rings. The van der Waals surface area contributed by atoms with Crippen molar-refractivity contribution in [2.45, 2.75) is 19.3 Å². The zero-order valence-electron chi connectivity index (χ0n) is 23.4. The first-order valence-corrected chi connectivity index (χ1v) is 15.2. The van der Waals surface area contributed by atoms with Gasteiger partial charge in [-0.15, -0.1) is 21.9 Å². The summed E-state index contributed by atoms with van der Waals surface area (Å²) in [5, 5.41) is 24.7. The molecule has 0 bridgehead atoms. The van der Waals surface area contributed by atoms with Crippen molar-refractivity contribution in [3.05, 3.63) is 126 Å². The van der Waals surface area contributed by atoms with Gasteiger partial charge in [-0.3, -0.25) is 0 Å². The maximum absolute atomic E-state index is 10.2. The number of hydrogen-bond acceptors (Lipinski definition) is 5. The summed E-state index contributed by atoms with van der Waals surface area (Å²) >= 11 is 3.35. The Bertz CT molecular complexity index is 2310. The molecule has 4 aromatic heterocycles. The van der Waals surface area contributed by atoms with E-state index in [1.54, 1.807) is 32.0 Å². The smallest absolute Gasteiger partial charge is 0.362 e. The summed E-state index contributed by atoms with van der Waals surface area (Å²) in [4.78, 5) is 3.83. The fourth-order valence-electron chi connectivity index (χ4n) is 5.66. The summed E-state index contributed by atoms with van der Waals surface area (Å²) in [5.41, 5.74) is 2.57. The molecule has 0 aliphatic carbocycles. The van der Waals surface area contributed by atoms with E-state index in [-0.39, 0.29) is 21.1 Å². The Morgan fingerprint density at radius 3 is 1.86 bits per heavy atom. The molecule has 8 rings (SSSR count). The number of nitriles is 1. The third-order valence-electron chi connectivity index (χ3n) is 7.97. The predicted octanol–water partition coefficient (Wildman–Crippen LogP) is 9.14. The van der Waals surface area contributed by atoms with Crippen LogP contribution in [0.5, 0.6) is 0 Å². The van der Waals surface area contributed by atoms with Crippen molar-refractivity contribution in [2.75, 3.05) is 0 Å². The molecule has 6 nitrogen and oxygen atoms in total. The minimum Gasteiger partial charge on any atom is -0.362 e. The van der Waals surface area contributed by atoms with Gasteiger partial charge in [0.1, 0.15) is 11.8 Å². The summed E-state index contributed by atoms with van der Waals surface area (Å²) in [6.07, 6.45) is 0. The molecule has 0 saturated carbocycles. The second kappa shape index (κ2) is 10.5. The molecule has 0 fully saturated rings. The van der Waals surface area contributed by atoms with E-state index in [0.29, 0.717) is 22.9 Å². The van der Waals surface area contributed by atoms with Crippen LogP contribution in [0.2, 0.25) is 0 Å². The van der Waals surface area contributed by atoms with Crippen LogP contribution < -0.4 is 0 Å². The molecule has 4 aromatic carbocycles. The number of benzene rings is 4. The van der Waals surface area contributed by atoms with E-state index in [9.17, 15) is 5.26 Å². The van der Waals surface area contributed by atoms with E-state index in [0.717, 1.165) is 31.5 Å². The van der Waals surface area contributed by atoms with E-state index < -0.39 is 5.41 Å². The van der Waals surface area contributed by atoms with Gasteiger partial charge in [-0.05, 0) is 64.0 Å². The molecule has 0 N–H and O–H groups in total. The van der Waals surface area contributed by atoms with Crippen molar-refractivity contribution in [3.63, 3.8) is 0 Å². The predicted molar refractivity (Wildman–Crippen MR) is 174 cm³/mol. The van der Waals surface area contributed by atoms with Gasteiger partial charge in [-0.1, -0.05) is 43.0 Å². The maximum Gasteiger partial charge on any atom is 2.00 e. The van der Waals surface area contributed by atoms with Crippen LogP contribution in [-0.2, 0) is 26.5 Å². The second-order valence-corrected chi connectivity index (χ2v) is 12.9. The van der Waals surface area contributed by atoms with Gasteiger partial charge in [-0.25, -0.2) is 16.0 Å². The quantitative estimate of drug-likeness (QED) is 0.167. The van der Waals surface area contributed by atoms with Crippen molar-refractivity contribution < 1.29 is 21.1 Å². The maximum atomic E-state index is 10.2. The van der Waals surface area contributed by atoms with Crippen LogP contribution in [0.4, 0.5) is 5.82 Å². The van der Waals surface area contributed by atoms with Crippen molar-refractivity contribution in [1.29, 1.82) is 5.26 Å². The molecule has 9 heteroatoms. The summed E-state index contributed by atoms with van der Waals surface area (Å²) in [6.45, 7) is 12.0. The van der Waals surface area contributed by atoms with Gasteiger partial charge >= 0.3 is 21.1 Å². The van der Waals surface area contributed by atoms with E-state index in [4.69, 9.17) is 16.8 Å². The largest absolute Gasteiger partial charge is 2.00 e. The zero-order valence-corrected chi connectivity index (χ0v) is 27.3. The summed E-state index contributed by atoms with van der Waals surface area (Å²) in [7, 11) is 0. The summed E-state index contributed by atoms with van der Waals surface area (Å²) < 4.78 is 7.79. The Morgan fingerprint density at radius 2 is 1.30 bits per heavy atom. The van der Waals surface area contributed by atoms with E-state index in [2.05, 4.69) is 59.4 Å². The molecule has 0 amide bonds. The Morgan fingerprint density at radius 1 is 0.773 bits per heavy atom. The minimum atomic E-state index is -0.705. The second-order valence-electron chi connectivity index (χ2n) is 10.8. The summed E-state index contributed by atoms with van der Waals surface area (Å²) in [6, 6.07) is 37.1. The molecule has 44 heavy (non-hydrogen) atoms. The average Bonchev–Trinajstić information content (AvgIpc) is 3.82. The van der Waals surface area contributed by atoms with E-state index >= 15 is 0 Å². The van der Waals surface area contributed by atoms with Gasteiger partial charge in [0.15, 0.2) is 0 Å². The summed E-state index contributed by atoms with van der Waals surface area (Å²) in [5.74, 6) is 0.396. The molecule has 0 saturated heterocycles. The Labute approximate surface area is 275 Å². The number of hydrogen-bond donors (Lipinski definition) is 0. The first kappa shape index (κ1) is 28.2. The molecule has 0 aliphatic rings. The molecule has 212 valence electrons. The van der Waals surface area contributed by atoms with Crippen LogP contribution in [0, 0.1) is 30.0 Å². The number of rotatable bonds is 4. The Hall–Kier alpha value is -4.59. The molecule has 4 heterocycles. The van der Waals surface area contributed by atoms with Crippen LogP contribution in [-0.4, -0.2) is 19.6 Å². The fourth-order valence-corrected chi connectivity index (χ4v) is 8.02. The van der Waals surface area contributed by atoms with E-state index in [1.165, 1.54) is 20.2 Å². The molecule has 0 radical (unpaired) electrons. The standard InChI is InChI=1S/C35H20N6S2.Pt/c1-35(2,30-18-21(20-36)40(38-30)26-14-8-12-24-22-10-4-6-16-28(22)42-33(24)26)31-19-32(37-3)41(39-31)27-15-9-13-25-23-11-5-7-17-29(23)43-34(25)27;/h4-13,16-19H,1-2H3;/q-2;+2. The Kier molecular flexibility index (Phi) is 6.75. The topological polar surface area (TPSA) is 63.8 Å². The average molecular weight is 784 g/mol. The van der Waals surface area contributed by atoms with Crippen LogP contribution in [0.25, 0.3) is 56.6 Å². The van der Waals surface area contributed by atoms with Gasteiger partial charge in [0.2, 0.25) is 0 Å². The monoisotopic (exact) mass is 783 g/mol. The first-order valence-electron chi connectivity index (χ1n) is 13.6. The van der Waals surface area contributed by atoms with Crippen LogP contribution in [0.3, 0.4) is 0 Å².